The number of aliphatic carboxylic acids is 1. The van der Waals surface area contributed by atoms with Crippen molar-refractivity contribution in [2.75, 3.05) is 7.11 Å². The lowest BCUT2D eigenvalue weighted by Crippen LogP contribution is -2.56. The summed E-state index contributed by atoms with van der Waals surface area (Å²) >= 11 is 0. The Labute approximate surface area is 120 Å². The lowest BCUT2D eigenvalue weighted by molar-refractivity contribution is -0.343. The summed E-state index contributed by atoms with van der Waals surface area (Å²) in [5, 5.41) is 8.98. The van der Waals surface area contributed by atoms with Crippen LogP contribution in [0.4, 0.5) is 0 Å². The first kappa shape index (κ1) is 15.7. The summed E-state index contributed by atoms with van der Waals surface area (Å²) in [5.41, 5.74) is 0. The van der Waals surface area contributed by atoms with Crippen LogP contribution in [0, 0.1) is 11.8 Å². The van der Waals surface area contributed by atoms with Crippen LogP contribution < -0.4 is 0 Å². The molecule has 5 heteroatoms. The Balaban J connectivity index is 2.11. The molecule has 6 atom stereocenters. The first-order chi connectivity index (χ1) is 9.35. The fraction of sp³-hybridized carbons (Fsp3) is 0.933. The van der Waals surface area contributed by atoms with Gasteiger partial charge in [0, 0.05) is 20.0 Å². The van der Waals surface area contributed by atoms with Crippen molar-refractivity contribution in [3.05, 3.63) is 0 Å². The number of carbonyl (C=O) groups is 1. The molecule has 0 amide bonds. The van der Waals surface area contributed by atoms with Gasteiger partial charge in [0.2, 0.25) is 0 Å². The minimum atomic E-state index is -0.814. The molecule has 116 valence electrons. The summed E-state index contributed by atoms with van der Waals surface area (Å²) in [4.78, 5) is 10.9. The molecule has 1 N–H and O–H groups in total. The number of rotatable bonds is 3. The van der Waals surface area contributed by atoms with Crippen LogP contribution in [-0.4, -0.2) is 42.3 Å². The van der Waals surface area contributed by atoms with E-state index in [-0.39, 0.29) is 24.7 Å². The van der Waals surface area contributed by atoms with Crippen LogP contribution in [0.5, 0.6) is 0 Å². The Kier molecular flexibility index (Phi) is 4.72. The fourth-order valence-corrected chi connectivity index (χ4v) is 3.94. The number of carboxylic acids is 1. The molecular weight excluding hydrogens is 260 g/mol. The van der Waals surface area contributed by atoms with Crippen molar-refractivity contribution >= 4 is 5.97 Å². The van der Waals surface area contributed by atoms with Gasteiger partial charge in [-0.3, -0.25) is 4.79 Å². The number of ether oxygens (including phenoxy) is 3. The molecule has 2 heterocycles. The summed E-state index contributed by atoms with van der Waals surface area (Å²) in [6, 6.07) is 0. The molecule has 0 radical (unpaired) electrons. The van der Waals surface area contributed by atoms with Gasteiger partial charge in [-0.25, -0.2) is 0 Å². The van der Waals surface area contributed by atoms with E-state index in [9.17, 15) is 4.79 Å². The molecule has 0 saturated carbocycles. The van der Waals surface area contributed by atoms with Gasteiger partial charge in [0.25, 0.3) is 0 Å². The first-order valence-corrected chi connectivity index (χ1v) is 7.45. The van der Waals surface area contributed by atoms with Gasteiger partial charge >= 0.3 is 5.97 Å². The Morgan fingerprint density at radius 3 is 2.55 bits per heavy atom. The van der Waals surface area contributed by atoms with Gasteiger partial charge in [0.05, 0.1) is 24.7 Å². The molecule has 2 saturated heterocycles. The molecule has 3 unspecified atom stereocenters. The minimum Gasteiger partial charge on any atom is -0.481 e. The second-order valence-electron chi connectivity index (χ2n) is 6.50. The molecule has 2 aliphatic heterocycles. The Hall–Kier alpha value is -0.650. The maximum Gasteiger partial charge on any atom is 0.305 e. The van der Waals surface area contributed by atoms with Gasteiger partial charge in [0.1, 0.15) is 0 Å². The first-order valence-electron chi connectivity index (χ1n) is 7.45. The zero-order chi connectivity index (χ0) is 14.9. The van der Waals surface area contributed by atoms with Crippen LogP contribution in [-0.2, 0) is 19.0 Å². The van der Waals surface area contributed by atoms with Crippen molar-refractivity contribution in [3.63, 3.8) is 0 Å². The van der Waals surface area contributed by atoms with Crippen LogP contribution in [0.2, 0.25) is 0 Å². The molecule has 2 fully saturated rings. The highest BCUT2D eigenvalue weighted by molar-refractivity contribution is 5.67. The summed E-state index contributed by atoms with van der Waals surface area (Å²) in [5.74, 6) is -0.705. The third-order valence-electron chi connectivity index (χ3n) is 4.44. The number of hydrogen-bond donors (Lipinski definition) is 1. The summed E-state index contributed by atoms with van der Waals surface area (Å²) in [7, 11) is 1.70. The molecule has 0 aromatic rings. The predicted octanol–water partition coefficient (Wildman–Crippen LogP) is 2.43. The fourth-order valence-electron chi connectivity index (χ4n) is 3.94. The van der Waals surface area contributed by atoms with Gasteiger partial charge in [-0.1, -0.05) is 13.8 Å². The lowest BCUT2D eigenvalue weighted by atomic mass is 9.81. The maximum absolute atomic E-state index is 10.9. The SMILES string of the molecule is COC1C(C)O[C@]2(C[C@H](C)CC(CC(=O)O)O2)C[C@@H]1C. The zero-order valence-corrected chi connectivity index (χ0v) is 12.8. The van der Waals surface area contributed by atoms with E-state index in [1.54, 1.807) is 7.11 Å². The van der Waals surface area contributed by atoms with E-state index >= 15 is 0 Å². The highest BCUT2D eigenvalue weighted by Crippen LogP contribution is 2.44. The van der Waals surface area contributed by atoms with E-state index in [0.717, 1.165) is 19.3 Å². The summed E-state index contributed by atoms with van der Waals surface area (Å²) in [6.45, 7) is 6.28. The molecule has 0 aromatic heterocycles. The van der Waals surface area contributed by atoms with Crippen LogP contribution in [0.1, 0.15) is 46.5 Å². The van der Waals surface area contributed by atoms with Crippen molar-refractivity contribution in [3.8, 4) is 0 Å². The third-order valence-corrected chi connectivity index (χ3v) is 4.44. The van der Waals surface area contributed by atoms with E-state index in [2.05, 4.69) is 13.8 Å². The number of hydrogen-bond acceptors (Lipinski definition) is 4. The molecule has 20 heavy (non-hydrogen) atoms. The van der Waals surface area contributed by atoms with Crippen molar-refractivity contribution in [2.45, 2.75) is 70.6 Å². The van der Waals surface area contributed by atoms with Crippen molar-refractivity contribution in [1.29, 1.82) is 0 Å². The van der Waals surface area contributed by atoms with Crippen molar-refractivity contribution < 1.29 is 24.1 Å². The molecule has 0 aromatic carbocycles. The number of methoxy groups -OCH3 is 1. The monoisotopic (exact) mass is 286 g/mol. The molecule has 5 nitrogen and oxygen atoms in total. The topological polar surface area (TPSA) is 65.0 Å². The normalized spacial score (nSPS) is 45.5. The molecule has 2 rings (SSSR count). The standard InChI is InChI=1S/C15H26O5/c1-9-5-12(6-13(16)17)20-15(7-9)8-10(2)14(18-4)11(3)19-15/h9-12,14H,5-8H2,1-4H3,(H,16,17)/t9-,10+,11?,12?,14?,15+/m1/s1. The van der Waals surface area contributed by atoms with E-state index in [0.29, 0.717) is 11.8 Å². The largest absolute Gasteiger partial charge is 0.481 e. The van der Waals surface area contributed by atoms with Crippen molar-refractivity contribution in [1.82, 2.24) is 0 Å². The Morgan fingerprint density at radius 1 is 1.30 bits per heavy atom. The van der Waals surface area contributed by atoms with Crippen molar-refractivity contribution in [2.24, 2.45) is 11.8 Å². The van der Waals surface area contributed by atoms with Gasteiger partial charge in [-0.05, 0) is 25.2 Å². The van der Waals surface area contributed by atoms with E-state index in [4.69, 9.17) is 19.3 Å². The average molecular weight is 286 g/mol. The molecule has 0 bridgehead atoms. The predicted molar refractivity (Wildman–Crippen MR) is 73.4 cm³/mol. The quantitative estimate of drug-likeness (QED) is 0.863. The van der Waals surface area contributed by atoms with Gasteiger partial charge in [-0.2, -0.15) is 0 Å². The van der Waals surface area contributed by atoms with Crippen LogP contribution in [0.25, 0.3) is 0 Å². The van der Waals surface area contributed by atoms with E-state index in [1.807, 2.05) is 6.92 Å². The molecular formula is C15H26O5. The van der Waals surface area contributed by atoms with Crippen LogP contribution in [0.15, 0.2) is 0 Å². The van der Waals surface area contributed by atoms with Gasteiger partial charge in [0.15, 0.2) is 5.79 Å². The lowest BCUT2D eigenvalue weighted by Gasteiger charge is -2.51. The highest BCUT2D eigenvalue weighted by atomic mass is 16.7. The molecule has 0 aliphatic carbocycles. The highest BCUT2D eigenvalue weighted by Gasteiger charge is 2.49. The second-order valence-corrected chi connectivity index (χ2v) is 6.50. The van der Waals surface area contributed by atoms with Gasteiger partial charge in [-0.15, -0.1) is 0 Å². The Morgan fingerprint density at radius 2 is 2.00 bits per heavy atom. The maximum atomic E-state index is 10.9. The Bertz CT molecular complexity index is 344. The molecule has 2 aliphatic rings. The second kappa shape index (κ2) is 6.00. The van der Waals surface area contributed by atoms with E-state index in [1.165, 1.54) is 0 Å². The number of carboxylic acid groups (broad SMARTS) is 1. The third kappa shape index (κ3) is 3.32. The molecule has 1 spiro atoms. The van der Waals surface area contributed by atoms with Crippen LogP contribution >= 0.6 is 0 Å². The smallest absolute Gasteiger partial charge is 0.305 e. The van der Waals surface area contributed by atoms with Gasteiger partial charge < -0.3 is 19.3 Å². The average Bonchev–Trinajstić information content (AvgIpc) is 2.25. The van der Waals surface area contributed by atoms with Crippen LogP contribution in [0.3, 0.4) is 0 Å². The van der Waals surface area contributed by atoms with E-state index < -0.39 is 11.8 Å². The summed E-state index contributed by atoms with van der Waals surface area (Å²) in [6.07, 6.45) is 2.19. The zero-order valence-electron chi connectivity index (χ0n) is 12.8. The minimum absolute atomic E-state index is 0.0421. The summed E-state index contributed by atoms with van der Waals surface area (Å²) < 4.78 is 17.7.